The van der Waals surface area contributed by atoms with E-state index >= 15 is 0 Å². The molecule has 0 radical (unpaired) electrons. The lowest BCUT2D eigenvalue weighted by molar-refractivity contribution is 0.0789. The molecule has 0 fully saturated rings. The van der Waals surface area contributed by atoms with Crippen LogP contribution in [0.15, 0.2) is 18.6 Å². The van der Waals surface area contributed by atoms with Crippen molar-refractivity contribution in [2.75, 3.05) is 13.6 Å². The third kappa shape index (κ3) is 2.50. The van der Waals surface area contributed by atoms with Gasteiger partial charge in [0.05, 0.1) is 6.20 Å². The van der Waals surface area contributed by atoms with Crippen molar-refractivity contribution >= 4 is 5.91 Å². The van der Waals surface area contributed by atoms with Crippen molar-refractivity contribution in [3.05, 3.63) is 24.3 Å². The molecule has 0 aromatic carbocycles. The zero-order valence-corrected chi connectivity index (χ0v) is 7.90. The second kappa shape index (κ2) is 4.54. The van der Waals surface area contributed by atoms with Gasteiger partial charge in [-0.25, -0.2) is 4.98 Å². The Morgan fingerprint density at radius 1 is 1.54 bits per heavy atom. The molecule has 70 valence electrons. The molecule has 0 aliphatic rings. The summed E-state index contributed by atoms with van der Waals surface area (Å²) in [6.45, 7) is 2.77. The molecule has 1 aromatic heterocycles. The Morgan fingerprint density at radius 3 is 2.85 bits per heavy atom. The van der Waals surface area contributed by atoms with Crippen molar-refractivity contribution in [3.63, 3.8) is 0 Å². The Hall–Kier alpha value is -1.45. The zero-order valence-electron chi connectivity index (χ0n) is 7.90. The Labute approximate surface area is 77.6 Å². The highest BCUT2D eigenvalue weighted by Crippen LogP contribution is 1.97. The van der Waals surface area contributed by atoms with Gasteiger partial charge >= 0.3 is 0 Å². The molecule has 4 heteroatoms. The van der Waals surface area contributed by atoms with Crippen LogP contribution in [0.3, 0.4) is 0 Å². The molecule has 1 heterocycles. The van der Waals surface area contributed by atoms with Gasteiger partial charge in [-0.1, -0.05) is 6.92 Å². The molecule has 0 aliphatic carbocycles. The highest BCUT2D eigenvalue weighted by Gasteiger charge is 2.11. The van der Waals surface area contributed by atoms with E-state index in [2.05, 4.69) is 9.97 Å². The van der Waals surface area contributed by atoms with Crippen molar-refractivity contribution in [2.45, 2.75) is 13.3 Å². The number of hydrogen-bond donors (Lipinski definition) is 0. The molecule has 0 spiro atoms. The summed E-state index contributed by atoms with van der Waals surface area (Å²) in [6.07, 6.45) is 5.50. The highest BCUT2D eigenvalue weighted by atomic mass is 16.2. The molecular weight excluding hydrogens is 166 g/mol. The predicted molar refractivity (Wildman–Crippen MR) is 49.3 cm³/mol. The minimum Gasteiger partial charge on any atom is -0.340 e. The molecule has 1 aromatic rings. The second-order valence-electron chi connectivity index (χ2n) is 2.82. The van der Waals surface area contributed by atoms with Gasteiger partial charge in [-0.15, -0.1) is 0 Å². The molecule has 0 aliphatic heterocycles. The van der Waals surface area contributed by atoms with Crippen LogP contribution in [0.25, 0.3) is 0 Å². The van der Waals surface area contributed by atoms with Gasteiger partial charge in [0.25, 0.3) is 5.91 Å². The molecule has 13 heavy (non-hydrogen) atoms. The van der Waals surface area contributed by atoms with Crippen molar-refractivity contribution in [1.29, 1.82) is 0 Å². The van der Waals surface area contributed by atoms with E-state index in [0.717, 1.165) is 13.0 Å². The average molecular weight is 179 g/mol. The fraction of sp³-hybridized carbons (Fsp3) is 0.444. The minimum absolute atomic E-state index is 0.0741. The van der Waals surface area contributed by atoms with Crippen LogP contribution in [0.1, 0.15) is 23.8 Å². The number of carbonyl (C=O) groups is 1. The maximum Gasteiger partial charge on any atom is 0.273 e. The lowest BCUT2D eigenvalue weighted by atomic mass is 10.3. The van der Waals surface area contributed by atoms with Crippen LogP contribution in [-0.2, 0) is 0 Å². The fourth-order valence-corrected chi connectivity index (χ4v) is 1.04. The van der Waals surface area contributed by atoms with Gasteiger partial charge in [0.15, 0.2) is 0 Å². The van der Waals surface area contributed by atoms with Crippen LogP contribution in [0.5, 0.6) is 0 Å². The van der Waals surface area contributed by atoms with E-state index in [-0.39, 0.29) is 5.91 Å². The first-order valence-corrected chi connectivity index (χ1v) is 4.27. The Morgan fingerprint density at radius 2 is 2.31 bits per heavy atom. The van der Waals surface area contributed by atoms with Gasteiger partial charge in [0, 0.05) is 26.0 Å². The van der Waals surface area contributed by atoms with E-state index in [1.807, 2.05) is 6.92 Å². The van der Waals surface area contributed by atoms with E-state index < -0.39 is 0 Å². The number of carbonyl (C=O) groups excluding carboxylic acids is 1. The smallest absolute Gasteiger partial charge is 0.273 e. The molecule has 1 rings (SSSR count). The van der Waals surface area contributed by atoms with E-state index in [4.69, 9.17) is 0 Å². The molecule has 0 N–H and O–H groups in total. The van der Waals surface area contributed by atoms with Gasteiger partial charge in [-0.05, 0) is 6.42 Å². The van der Waals surface area contributed by atoms with Crippen LogP contribution >= 0.6 is 0 Å². The number of hydrogen-bond acceptors (Lipinski definition) is 3. The third-order valence-corrected chi connectivity index (χ3v) is 1.69. The van der Waals surface area contributed by atoms with E-state index in [1.54, 1.807) is 18.1 Å². The molecule has 1 amide bonds. The molecule has 0 saturated carbocycles. The van der Waals surface area contributed by atoms with Crippen LogP contribution in [0.4, 0.5) is 0 Å². The summed E-state index contributed by atoms with van der Waals surface area (Å²) >= 11 is 0. The number of rotatable bonds is 3. The first kappa shape index (κ1) is 9.64. The van der Waals surface area contributed by atoms with Gasteiger partial charge in [-0.2, -0.15) is 0 Å². The van der Waals surface area contributed by atoms with Crippen molar-refractivity contribution in [1.82, 2.24) is 14.9 Å². The quantitative estimate of drug-likeness (QED) is 0.694. The number of amides is 1. The normalized spacial score (nSPS) is 9.69. The van der Waals surface area contributed by atoms with Gasteiger partial charge in [-0.3, -0.25) is 9.78 Å². The highest BCUT2D eigenvalue weighted by molar-refractivity contribution is 5.91. The van der Waals surface area contributed by atoms with Gasteiger partial charge in [0.2, 0.25) is 0 Å². The predicted octanol–water partition coefficient (Wildman–Crippen LogP) is 0.959. The third-order valence-electron chi connectivity index (χ3n) is 1.69. The molecule has 0 bridgehead atoms. The van der Waals surface area contributed by atoms with E-state index in [9.17, 15) is 4.79 Å². The first-order valence-electron chi connectivity index (χ1n) is 4.27. The topological polar surface area (TPSA) is 46.1 Å². The van der Waals surface area contributed by atoms with Crippen LogP contribution in [0, 0.1) is 0 Å². The fourth-order valence-electron chi connectivity index (χ4n) is 1.04. The maximum absolute atomic E-state index is 11.6. The summed E-state index contributed by atoms with van der Waals surface area (Å²) in [5.74, 6) is -0.0741. The Balaban J connectivity index is 2.68. The summed E-state index contributed by atoms with van der Waals surface area (Å²) in [4.78, 5) is 21.0. The number of aromatic nitrogens is 2. The van der Waals surface area contributed by atoms with Gasteiger partial charge in [0.1, 0.15) is 5.69 Å². The minimum atomic E-state index is -0.0741. The molecule has 0 atom stereocenters. The molecule has 4 nitrogen and oxygen atoms in total. The molecular formula is C9H13N3O. The molecule has 0 saturated heterocycles. The summed E-state index contributed by atoms with van der Waals surface area (Å²) < 4.78 is 0. The van der Waals surface area contributed by atoms with Crippen molar-refractivity contribution in [3.8, 4) is 0 Å². The summed E-state index contributed by atoms with van der Waals surface area (Å²) in [7, 11) is 1.76. The molecule has 0 unspecified atom stereocenters. The largest absolute Gasteiger partial charge is 0.340 e. The zero-order chi connectivity index (χ0) is 9.68. The SMILES string of the molecule is CCCN(C)C(=O)c1cnccn1. The second-order valence-corrected chi connectivity index (χ2v) is 2.82. The average Bonchev–Trinajstić information content (AvgIpc) is 2.18. The Kier molecular flexibility index (Phi) is 3.37. The van der Waals surface area contributed by atoms with Crippen LogP contribution in [-0.4, -0.2) is 34.4 Å². The standard InChI is InChI=1S/C9H13N3O/c1-3-6-12(2)9(13)8-7-10-4-5-11-8/h4-5,7H,3,6H2,1-2H3. The summed E-state index contributed by atoms with van der Waals surface area (Å²) in [6, 6.07) is 0. The summed E-state index contributed by atoms with van der Waals surface area (Å²) in [5, 5.41) is 0. The summed E-state index contributed by atoms with van der Waals surface area (Å²) in [5.41, 5.74) is 0.401. The van der Waals surface area contributed by atoms with Crippen molar-refractivity contribution in [2.24, 2.45) is 0 Å². The number of nitrogens with zero attached hydrogens (tertiary/aromatic N) is 3. The van der Waals surface area contributed by atoms with Gasteiger partial charge < -0.3 is 4.90 Å². The Bertz CT molecular complexity index is 273. The van der Waals surface area contributed by atoms with Crippen LogP contribution in [0.2, 0.25) is 0 Å². The monoisotopic (exact) mass is 179 g/mol. The lowest BCUT2D eigenvalue weighted by Crippen LogP contribution is -2.28. The van der Waals surface area contributed by atoms with E-state index in [1.165, 1.54) is 12.4 Å². The lowest BCUT2D eigenvalue weighted by Gasteiger charge is -2.14. The van der Waals surface area contributed by atoms with Crippen molar-refractivity contribution < 1.29 is 4.79 Å². The van der Waals surface area contributed by atoms with E-state index in [0.29, 0.717) is 5.69 Å². The first-order chi connectivity index (χ1) is 6.25. The maximum atomic E-state index is 11.6. The van der Waals surface area contributed by atoms with Crippen LogP contribution < -0.4 is 0 Å².